The smallest absolute Gasteiger partial charge is 0.339 e. The minimum atomic E-state index is -0.233. The molecule has 0 aliphatic carbocycles. The highest BCUT2D eigenvalue weighted by Gasteiger charge is 2.23. The number of ether oxygens (including phenoxy) is 1. The lowest BCUT2D eigenvalue weighted by Crippen LogP contribution is -2.22. The Morgan fingerprint density at radius 3 is 3.00 bits per heavy atom. The van der Waals surface area contributed by atoms with Crippen molar-refractivity contribution in [3.8, 4) is 0 Å². The summed E-state index contributed by atoms with van der Waals surface area (Å²) in [5.41, 5.74) is 4.24. The van der Waals surface area contributed by atoms with Crippen LogP contribution < -0.4 is 5.32 Å². The van der Waals surface area contributed by atoms with Gasteiger partial charge in [-0.25, -0.2) is 4.79 Å². The summed E-state index contributed by atoms with van der Waals surface area (Å²) in [5.74, 6) is -0.233. The molecule has 1 unspecified atom stereocenters. The Labute approximate surface area is 159 Å². The molecule has 0 amide bonds. The molecule has 3 heterocycles. The van der Waals surface area contributed by atoms with Crippen LogP contribution in [0.15, 0.2) is 42.7 Å². The molecule has 27 heavy (non-hydrogen) atoms. The van der Waals surface area contributed by atoms with Crippen molar-refractivity contribution in [3.05, 3.63) is 65.2 Å². The molecule has 0 spiro atoms. The minimum absolute atomic E-state index is 0.207. The first-order valence-corrected chi connectivity index (χ1v) is 9.54. The lowest BCUT2D eigenvalue weighted by atomic mass is 10.0. The van der Waals surface area contributed by atoms with Crippen LogP contribution in [0.25, 0.3) is 10.8 Å². The molecule has 4 rings (SSSR count). The van der Waals surface area contributed by atoms with E-state index in [9.17, 15) is 4.79 Å². The molecule has 140 valence electrons. The van der Waals surface area contributed by atoms with Gasteiger partial charge in [-0.1, -0.05) is 12.1 Å². The Morgan fingerprint density at radius 1 is 1.26 bits per heavy atom. The predicted molar refractivity (Wildman–Crippen MR) is 106 cm³/mol. The van der Waals surface area contributed by atoms with Crippen molar-refractivity contribution in [2.24, 2.45) is 0 Å². The van der Waals surface area contributed by atoms with Crippen molar-refractivity contribution in [1.29, 1.82) is 0 Å². The van der Waals surface area contributed by atoms with Crippen LogP contribution in [-0.4, -0.2) is 22.6 Å². The molecule has 2 aromatic heterocycles. The first kappa shape index (κ1) is 17.7. The fourth-order valence-corrected chi connectivity index (χ4v) is 3.94. The van der Waals surface area contributed by atoms with Crippen LogP contribution in [0, 0.1) is 0 Å². The quantitative estimate of drug-likeness (QED) is 0.696. The van der Waals surface area contributed by atoms with Crippen molar-refractivity contribution in [3.63, 3.8) is 0 Å². The molecule has 0 saturated carbocycles. The van der Waals surface area contributed by atoms with E-state index in [2.05, 4.69) is 40.0 Å². The number of pyridine rings is 1. The second-order valence-corrected chi connectivity index (χ2v) is 7.18. The van der Waals surface area contributed by atoms with E-state index < -0.39 is 0 Å². The Morgan fingerprint density at radius 2 is 2.15 bits per heavy atom. The van der Waals surface area contributed by atoms with E-state index in [1.807, 2.05) is 24.5 Å². The number of carbonyl (C=O) groups excluding carboxylic acids is 1. The monoisotopic (exact) mass is 363 g/mol. The summed E-state index contributed by atoms with van der Waals surface area (Å²) in [6.45, 7) is 3.86. The van der Waals surface area contributed by atoms with E-state index in [0.717, 1.165) is 54.7 Å². The molecule has 5 heteroatoms. The van der Waals surface area contributed by atoms with Gasteiger partial charge in [0.1, 0.15) is 0 Å². The number of benzene rings is 1. The number of esters is 1. The summed E-state index contributed by atoms with van der Waals surface area (Å²) < 4.78 is 7.27. The lowest BCUT2D eigenvalue weighted by Gasteiger charge is -2.20. The van der Waals surface area contributed by atoms with Gasteiger partial charge in [0.15, 0.2) is 0 Å². The Bertz CT molecular complexity index is 977. The highest BCUT2D eigenvalue weighted by Crippen LogP contribution is 2.25. The summed E-state index contributed by atoms with van der Waals surface area (Å²) >= 11 is 0. The molecule has 3 aromatic rings. The summed E-state index contributed by atoms with van der Waals surface area (Å²) in [7, 11) is 1.45. The van der Waals surface area contributed by atoms with Crippen molar-refractivity contribution >= 4 is 16.7 Å². The largest absolute Gasteiger partial charge is 0.465 e. The van der Waals surface area contributed by atoms with Gasteiger partial charge in [0.05, 0.1) is 12.7 Å². The van der Waals surface area contributed by atoms with E-state index >= 15 is 0 Å². The van der Waals surface area contributed by atoms with Crippen LogP contribution in [-0.2, 0) is 24.2 Å². The van der Waals surface area contributed by atoms with Crippen molar-refractivity contribution < 1.29 is 9.53 Å². The predicted octanol–water partition coefficient (Wildman–Crippen LogP) is 4.01. The molecule has 1 aromatic carbocycles. The normalized spacial score (nSPS) is 14.7. The Balaban J connectivity index is 1.53. The first-order valence-electron chi connectivity index (χ1n) is 9.54. The maximum absolute atomic E-state index is 12.1. The second kappa shape index (κ2) is 7.53. The van der Waals surface area contributed by atoms with Crippen LogP contribution in [0.4, 0.5) is 0 Å². The third-order valence-corrected chi connectivity index (χ3v) is 5.50. The lowest BCUT2D eigenvalue weighted by molar-refractivity contribution is 0.0599. The Hall–Kier alpha value is -2.66. The number of aromatic nitrogens is 2. The van der Waals surface area contributed by atoms with Crippen LogP contribution >= 0.6 is 0 Å². The maximum atomic E-state index is 12.1. The number of fused-ring (bicyclic) bond motifs is 2. The number of nitrogens with zero attached hydrogens (tertiary/aromatic N) is 2. The number of hydrogen-bond acceptors (Lipinski definition) is 4. The maximum Gasteiger partial charge on any atom is 0.339 e. The molecule has 0 bridgehead atoms. The van der Waals surface area contributed by atoms with E-state index in [1.165, 1.54) is 18.1 Å². The van der Waals surface area contributed by atoms with Crippen LogP contribution in [0.3, 0.4) is 0 Å². The molecular weight excluding hydrogens is 338 g/mol. The highest BCUT2D eigenvalue weighted by molar-refractivity contribution is 5.91. The zero-order chi connectivity index (χ0) is 18.8. The average Bonchev–Trinajstić information content (AvgIpc) is 3.10. The zero-order valence-electron chi connectivity index (χ0n) is 15.9. The molecule has 1 aliphatic heterocycles. The SMILES string of the molecule is COC(=O)c1cc(CNC(C)c2ccc3cnccc3c2)n2c1CCCC2. The number of nitrogens with one attached hydrogen (secondary N) is 1. The van der Waals surface area contributed by atoms with Crippen LogP contribution in [0.5, 0.6) is 0 Å². The molecule has 1 N–H and O–H groups in total. The van der Waals surface area contributed by atoms with Gasteiger partial charge < -0.3 is 14.6 Å². The molecule has 1 atom stereocenters. The van der Waals surface area contributed by atoms with Gasteiger partial charge in [0.25, 0.3) is 0 Å². The van der Waals surface area contributed by atoms with Gasteiger partial charge in [0, 0.05) is 48.3 Å². The molecule has 1 aliphatic rings. The van der Waals surface area contributed by atoms with E-state index in [1.54, 1.807) is 0 Å². The minimum Gasteiger partial charge on any atom is -0.465 e. The molecule has 5 nitrogen and oxygen atoms in total. The zero-order valence-corrected chi connectivity index (χ0v) is 15.9. The van der Waals surface area contributed by atoms with Crippen LogP contribution in [0.2, 0.25) is 0 Å². The average molecular weight is 363 g/mol. The number of methoxy groups -OCH3 is 1. The van der Waals surface area contributed by atoms with E-state index in [0.29, 0.717) is 0 Å². The van der Waals surface area contributed by atoms with Crippen molar-refractivity contribution in [1.82, 2.24) is 14.9 Å². The number of hydrogen-bond donors (Lipinski definition) is 1. The highest BCUT2D eigenvalue weighted by atomic mass is 16.5. The fraction of sp³-hybridized carbons (Fsp3) is 0.364. The van der Waals surface area contributed by atoms with Gasteiger partial charge in [-0.3, -0.25) is 4.98 Å². The topological polar surface area (TPSA) is 56.1 Å². The van der Waals surface area contributed by atoms with Crippen molar-refractivity contribution in [2.75, 3.05) is 7.11 Å². The standard InChI is InChI=1S/C22H25N3O2/c1-15(16-6-7-18-13-23-9-8-17(18)11-16)24-14-19-12-20(22(26)27-2)21-5-3-4-10-25(19)21/h6-9,11-13,15,24H,3-5,10,14H2,1-2H3. The van der Waals surface area contributed by atoms with Gasteiger partial charge in [-0.15, -0.1) is 0 Å². The van der Waals surface area contributed by atoms with Crippen molar-refractivity contribution in [2.45, 2.75) is 45.3 Å². The molecule has 0 radical (unpaired) electrons. The van der Waals surface area contributed by atoms with Crippen LogP contribution in [0.1, 0.15) is 53.1 Å². The third-order valence-electron chi connectivity index (χ3n) is 5.50. The van der Waals surface area contributed by atoms with Gasteiger partial charge in [-0.2, -0.15) is 0 Å². The van der Waals surface area contributed by atoms with Gasteiger partial charge >= 0.3 is 5.97 Å². The third kappa shape index (κ3) is 3.47. The van der Waals surface area contributed by atoms with E-state index in [-0.39, 0.29) is 12.0 Å². The molecule has 0 saturated heterocycles. The fourth-order valence-electron chi connectivity index (χ4n) is 3.94. The number of rotatable bonds is 5. The summed E-state index contributed by atoms with van der Waals surface area (Å²) in [5, 5.41) is 5.96. The van der Waals surface area contributed by atoms with Gasteiger partial charge in [-0.05, 0) is 55.3 Å². The van der Waals surface area contributed by atoms with Gasteiger partial charge in [0.2, 0.25) is 0 Å². The molecule has 0 fully saturated rings. The molecular formula is C22H25N3O2. The summed E-state index contributed by atoms with van der Waals surface area (Å²) in [6, 6.07) is 10.7. The van der Waals surface area contributed by atoms with E-state index in [4.69, 9.17) is 4.74 Å². The summed E-state index contributed by atoms with van der Waals surface area (Å²) in [4.78, 5) is 16.3. The number of carbonyl (C=O) groups is 1. The first-order chi connectivity index (χ1) is 13.2. The summed E-state index contributed by atoms with van der Waals surface area (Å²) in [6.07, 6.45) is 6.94. The Kier molecular flexibility index (Phi) is 4.94. The second-order valence-electron chi connectivity index (χ2n) is 7.18.